The molecule has 1 atom stereocenters. The van der Waals surface area contributed by atoms with Gasteiger partial charge in [-0.3, -0.25) is 13.9 Å². The summed E-state index contributed by atoms with van der Waals surface area (Å²) in [6.45, 7) is 5.40. The van der Waals surface area contributed by atoms with E-state index in [2.05, 4.69) is 5.32 Å². The second-order valence-corrected chi connectivity index (χ2v) is 11.5. The van der Waals surface area contributed by atoms with Crippen LogP contribution in [-0.2, 0) is 26.2 Å². The van der Waals surface area contributed by atoms with Gasteiger partial charge >= 0.3 is 0 Å². The molecule has 2 amide bonds. The van der Waals surface area contributed by atoms with E-state index < -0.39 is 28.5 Å². The highest BCUT2D eigenvalue weighted by Gasteiger charge is 2.34. The maximum atomic E-state index is 14.1. The van der Waals surface area contributed by atoms with Crippen molar-refractivity contribution in [3.63, 3.8) is 0 Å². The summed E-state index contributed by atoms with van der Waals surface area (Å²) in [6, 6.07) is 18.5. The fraction of sp³-hybridized carbons (Fsp3) is 0.310. The van der Waals surface area contributed by atoms with Crippen LogP contribution in [0.4, 0.5) is 5.69 Å². The number of nitrogens with one attached hydrogen (secondary N) is 1. The molecule has 0 aliphatic heterocycles. The molecular formula is C29H33Cl2N3O5S. The Morgan fingerprint density at radius 1 is 0.950 bits per heavy atom. The number of para-hydroxylation sites is 2. The third-order valence-corrected chi connectivity index (χ3v) is 8.50. The maximum absolute atomic E-state index is 14.1. The lowest BCUT2D eigenvalue weighted by Gasteiger charge is -2.33. The van der Waals surface area contributed by atoms with Gasteiger partial charge < -0.3 is 15.0 Å². The van der Waals surface area contributed by atoms with E-state index in [4.69, 9.17) is 27.9 Å². The molecule has 3 aromatic rings. The van der Waals surface area contributed by atoms with Crippen molar-refractivity contribution in [3.8, 4) is 5.75 Å². The molecule has 0 aliphatic rings. The lowest BCUT2D eigenvalue weighted by atomic mass is 10.1. The van der Waals surface area contributed by atoms with Gasteiger partial charge in [0.05, 0.1) is 17.2 Å². The molecule has 0 spiro atoms. The van der Waals surface area contributed by atoms with Crippen molar-refractivity contribution >= 4 is 50.7 Å². The van der Waals surface area contributed by atoms with Crippen LogP contribution in [0.15, 0.2) is 77.7 Å². The summed E-state index contributed by atoms with van der Waals surface area (Å²) >= 11 is 12.5. The molecule has 0 aliphatic carbocycles. The van der Waals surface area contributed by atoms with Crippen LogP contribution in [0.25, 0.3) is 0 Å². The molecule has 40 heavy (non-hydrogen) atoms. The first kappa shape index (κ1) is 31.3. The number of hydrogen-bond acceptors (Lipinski definition) is 5. The second kappa shape index (κ2) is 14.4. The van der Waals surface area contributed by atoms with Crippen molar-refractivity contribution in [2.24, 2.45) is 0 Å². The van der Waals surface area contributed by atoms with E-state index in [1.807, 2.05) is 0 Å². The highest BCUT2D eigenvalue weighted by molar-refractivity contribution is 7.92. The summed E-state index contributed by atoms with van der Waals surface area (Å²) < 4.78 is 34.7. The molecule has 3 aromatic carbocycles. The zero-order chi connectivity index (χ0) is 29.3. The van der Waals surface area contributed by atoms with Crippen LogP contribution in [0.2, 0.25) is 10.0 Å². The lowest BCUT2D eigenvalue weighted by molar-refractivity contribution is -0.140. The standard InChI is InChI=1S/C29H33Cl2N3O5S/c1-4-25(29(36)32-5-2)33(19-21-16-17-22(30)18-24(21)31)28(35)20-34(26-14-10-11-15-27(26)39-6-3)40(37,38)23-12-8-7-9-13-23/h7-18,25H,4-6,19-20H2,1-3H3,(H,32,36). The summed E-state index contributed by atoms with van der Waals surface area (Å²) in [5.74, 6) is -0.633. The Kier molecular flexibility index (Phi) is 11.2. The molecule has 0 saturated carbocycles. The zero-order valence-corrected chi connectivity index (χ0v) is 25.0. The van der Waals surface area contributed by atoms with Gasteiger partial charge in [0.25, 0.3) is 10.0 Å². The molecule has 214 valence electrons. The number of hydrogen-bond donors (Lipinski definition) is 1. The van der Waals surface area contributed by atoms with Crippen molar-refractivity contribution in [1.29, 1.82) is 0 Å². The SMILES string of the molecule is CCNC(=O)C(CC)N(Cc1ccc(Cl)cc1Cl)C(=O)CN(c1ccccc1OCC)S(=O)(=O)c1ccccc1. The van der Waals surface area contributed by atoms with E-state index >= 15 is 0 Å². The fourth-order valence-corrected chi connectivity index (χ4v) is 6.13. The fourth-order valence-electron chi connectivity index (χ4n) is 4.22. The van der Waals surface area contributed by atoms with E-state index in [1.54, 1.807) is 81.4 Å². The van der Waals surface area contributed by atoms with Crippen LogP contribution < -0.4 is 14.4 Å². The summed E-state index contributed by atoms with van der Waals surface area (Å²) in [7, 11) is -4.21. The van der Waals surface area contributed by atoms with Crippen molar-refractivity contribution in [3.05, 3.63) is 88.4 Å². The second-order valence-electron chi connectivity index (χ2n) is 8.80. The normalized spacial score (nSPS) is 11.9. The number of likely N-dealkylation sites (N-methyl/N-ethyl adjacent to an activating group) is 1. The van der Waals surface area contributed by atoms with Crippen LogP contribution >= 0.6 is 23.2 Å². The highest BCUT2D eigenvalue weighted by Crippen LogP contribution is 2.33. The van der Waals surface area contributed by atoms with E-state index in [1.165, 1.54) is 17.0 Å². The number of carbonyl (C=O) groups excluding carboxylic acids is 2. The molecule has 1 N–H and O–H groups in total. The molecule has 3 rings (SSSR count). The number of rotatable bonds is 13. The first-order valence-corrected chi connectivity index (χ1v) is 15.1. The average Bonchev–Trinajstić information content (AvgIpc) is 2.94. The Labute approximate surface area is 245 Å². The number of amides is 2. The Morgan fingerprint density at radius 2 is 1.62 bits per heavy atom. The molecule has 0 fully saturated rings. The van der Waals surface area contributed by atoms with Crippen LogP contribution in [-0.4, -0.2) is 50.9 Å². The first-order chi connectivity index (χ1) is 19.1. The van der Waals surface area contributed by atoms with Gasteiger partial charge in [0.1, 0.15) is 18.3 Å². The number of sulfonamides is 1. The predicted octanol–water partition coefficient (Wildman–Crippen LogP) is 5.53. The van der Waals surface area contributed by atoms with Gasteiger partial charge in [-0.15, -0.1) is 0 Å². The van der Waals surface area contributed by atoms with Gasteiger partial charge in [-0.05, 0) is 62.2 Å². The Morgan fingerprint density at radius 3 is 2.25 bits per heavy atom. The van der Waals surface area contributed by atoms with Crippen LogP contribution in [0.5, 0.6) is 5.75 Å². The van der Waals surface area contributed by atoms with Gasteiger partial charge in [-0.25, -0.2) is 8.42 Å². The van der Waals surface area contributed by atoms with Gasteiger partial charge in [0.15, 0.2) is 0 Å². The third-order valence-electron chi connectivity index (χ3n) is 6.14. The van der Waals surface area contributed by atoms with E-state index in [0.717, 1.165) is 4.31 Å². The number of benzene rings is 3. The molecule has 0 saturated heterocycles. The Balaban J connectivity index is 2.12. The number of ether oxygens (including phenoxy) is 1. The zero-order valence-electron chi connectivity index (χ0n) is 22.6. The topological polar surface area (TPSA) is 96.0 Å². The Bertz CT molecular complexity index is 1420. The van der Waals surface area contributed by atoms with E-state index in [0.29, 0.717) is 40.9 Å². The molecule has 11 heteroatoms. The van der Waals surface area contributed by atoms with Gasteiger partial charge in [0.2, 0.25) is 11.8 Å². The largest absolute Gasteiger partial charge is 0.492 e. The van der Waals surface area contributed by atoms with Crippen LogP contribution in [0.1, 0.15) is 32.8 Å². The van der Waals surface area contributed by atoms with Crippen LogP contribution in [0, 0.1) is 0 Å². The van der Waals surface area contributed by atoms with Gasteiger partial charge in [-0.1, -0.05) is 66.5 Å². The minimum Gasteiger partial charge on any atom is -0.492 e. The predicted molar refractivity (Wildman–Crippen MR) is 158 cm³/mol. The van der Waals surface area contributed by atoms with Crippen molar-refractivity contribution in [2.75, 3.05) is 24.0 Å². The minimum absolute atomic E-state index is 0.0113. The molecule has 0 heterocycles. The lowest BCUT2D eigenvalue weighted by Crippen LogP contribution is -2.52. The summed E-state index contributed by atoms with van der Waals surface area (Å²) in [4.78, 5) is 28.5. The Hall–Kier alpha value is -3.27. The molecule has 1 unspecified atom stereocenters. The molecule has 0 radical (unpaired) electrons. The summed E-state index contributed by atoms with van der Waals surface area (Å²) in [6.07, 6.45) is 0.295. The maximum Gasteiger partial charge on any atom is 0.264 e. The average molecular weight is 607 g/mol. The highest BCUT2D eigenvalue weighted by atomic mass is 35.5. The van der Waals surface area contributed by atoms with Crippen LogP contribution in [0.3, 0.4) is 0 Å². The number of halogens is 2. The van der Waals surface area contributed by atoms with Crippen molar-refractivity contribution < 1.29 is 22.7 Å². The number of nitrogens with zero attached hydrogens (tertiary/aromatic N) is 2. The smallest absolute Gasteiger partial charge is 0.264 e. The van der Waals surface area contributed by atoms with Gasteiger partial charge in [-0.2, -0.15) is 0 Å². The first-order valence-electron chi connectivity index (χ1n) is 12.9. The molecular weight excluding hydrogens is 573 g/mol. The molecule has 8 nitrogen and oxygen atoms in total. The van der Waals surface area contributed by atoms with Crippen molar-refractivity contribution in [1.82, 2.24) is 10.2 Å². The molecule has 0 aromatic heterocycles. The third kappa shape index (κ3) is 7.47. The van der Waals surface area contributed by atoms with Gasteiger partial charge in [0, 0.05) is 23.1 Å². The number of carbonyl (C=O) groups is 2. The van der Waals surface area contributed by atoms with E-state index in [-0.39, 0.29) is 23.0 Å². The quantitative estimate of drug-likeness (QED) is 0.276. The minimum atomic E-state index is -4.21. The summed E-state index contributed by atoms with van der Waals surface area (Å²) in [5.41, 5.74) is 0.770. The monoisotopic (exact) mass is 605 g/mol. The summed E-state index contributed by atoms with van der Waals surface area (Å²) in [5, 5.41) is 3.52. The van der Waals surface area contributed by atoms with E-state index in [9.17, 15) is 18.0 Å². The molecule has 0 bridgehead atoms. The van der Waals surface area contributed by atoms with Crippen molar-refractivity contribution in [2.45, 2.75) is 44.7 Å². The number of anilines is 1.